The lowest BCUT2D eigenvalue weighted by molar-refractivity contribution is 0.0296. The molecule has 9 heteroatoms. The Morgan fingerprint density at radius 2 is 1.81 bits per heavy atom. The molecule has 1 fully saturated rings. The molecule has 0 bridgehead atoms. The molecule has 2 aromatic heterocycles. The monoisotopic (exact) mass is 491 g/mol. The molecule has 2 aliphatic heterocycles. The lowest BCUT2D eigenvalue weighted by atomic mass is 10.0. The van der Waals surface area contributed by atoms with E-state index < -0.39 is 0 Å². The highest BCUT2D eigenvalue weighted by Crippen LogP contribution is 2.26. The van der Waals surface area contributed by atoms with Gasteiger partial charge in [0, 0.05) is 56.3 Å². The van der Waals surface area contributed by atoms with Crippen LogP contribution in [0.5, 0.6) is 0 Å². The number of carbonyl (C=O) groups excluding carboxylic acids is 2. The van der Waals surface area contributed by atoms with Gasteiger partial charge in [-0.2, -0.15) is 5.10 Å². The minimum Gasteiger partial charge on any atom is -0.378 e. The van der Waals surface area contributed by atoms with E-state index in [0.717, 1.165) is 43.5 Å². The fourth-order valence-corrected chi connectivity index (χ4v) is 4.95. The summed E-state index contributed by atoms with van der Waals surface area (Å²) in [5.74, 6) is 0.457. The molecule has 1 saturated heterocycles. The van der Waals surface area contributed by atoms with Crippen molar-refractivity contribution in [1.82, 2.24) is 24.7 Å². The molecule has 0 spiro atoms. The predicted molar refractivity (Wildman–Crippen MR) is 133 cm³/mol. The van der Waals surface area contributed by atoms with Crippen LogP contribution in [0.2, 0.25) is 0 Å². The van der Waals surface area contributed by atoms with Crippen molar-refractivity contribution >= 4 is 11.8 Å². The van der Waals surface area contributed by atoms with Crippen LogP contribution in [0.3, 0.4) is 0 Å². The van der Waals surface area contributed by atoms with Crippen LogP contribution >= 0.6 is 0 Å². The average Bonchev–Trinajstić information content (AvgIpc) is 3.54. The van der Waals surface area contributed by atoms with E-state index >= 15 is 0 Å². The highest BCUT2D eigenvalue weighted by molar-refractivity contribution is 5.95. The molecule has 9 nitrogen and oxygen atoms in total. The summed E-state index contributed by atoms with van der Waals surface area (Å²) >= 11 is 0. The lowest BCUT2D eigenvalue weighted by Gasteiger charge is -2.29. The van der Waals surface area contributed by atoms with Gasteiger partial charge in [0.15, 0.2) is 11.4 Å². The van der Waals surface area contributed by atoms with Gasteiger partial charge in [-0.1, -0.05) is 42.4 Å². The number of morpholine rings is 1. The van der Waals surface area contributed by atoms with Crippen molar-refractivity contribution < 1.29 is 18.8 Å². The summed E-state index contributed by atoms with van der Waals surface area (Å²) in [6.07, 6.45) is 4.18. The molecular weight excluding hydrogens is 458 g/mol. The fourth-order valence-electron chi connectivity index (χ4n) is 4.95. The lowest BCUT2D eigenvalue weighted by Crippen LogP contribution is -2.42. The third-order valence-corrected chi connectivity index (χ3v) is 6.87. The number of fused-ring (bicyclic) bond motifs is 1. The van der Waals surface area contributed by atoms with Crippen LogP contribution in [0.4, 0.5) is 0 Å². The van der Waals surface area contributed by atoms with Gasteiger partial charge >= 0.3 is 0 Å². The Morgan fingerprint density at radius 1 is 1.00 bits per heavy atom. The van der Waals surface area contributed by atoms with E-state index in [9.17, 15) is 9.59 Å². The molecule has 4 heterocycles. The number of benzene rings is 1. The maximum Gasteiger partial charge on any atom is 0.276 e. The van der Waals surface area contributed by atoms with E-state index in [0.29, 0.717) is 63.0 Å². The van der Waals surface area contributed by atoms with Crippen molar-refractivity contribution in [1.29, 1.82) is 0 Å². The summed E-state index contributed by atoms with van der Waals surface area (Å²) in [4.78, 5) is 30.2. The van der Waals surface area contributed by atoms with Crippen LogP contribution in [0.1, 0.15) is 63.3 Å². The number of hydrogen-bond acceptors (Lipinski definition) is 6. The molecular formula is C27H33N5O4. The van der Waals surface area contributed by atoms with Crippen molar-refractivity contribution in [2.75, 3.05) is 32.8 Å². The molecule has 2 amide bonds. The van der Waals surface area contributed by atoms with Crippen molar-refractivity contribution in [2.45, 2.75) is 52.1 Å². The third-order valence-electron chi connectivity index (χ3n) is 6.87. The van der Waals surface area contributed by atoms with Gasteiger partial charge in [-0.25, -0.2) is 0 Å². The SMILES string of the molecule is CCCc1cc(C(=O)N2CCc3c(c(C(=O)N4CCOCC4)nn3CCCc3ccccc3)C2)no1. The molecule has 36 heavy (non-hydrogen) atoms. The summed E-state index contributed by atoms with van der Waals surface area (Å²) in [5, 5.41) is 8.80. The summed E-state index contributed by atoms with van der Waals surface area (Å²) < 4.78 is 12.7. The Morgan fingerprint density at radius 3 is 2.58 bits per heavy atom. The first kappa shape index (κ1) is 24.2. The zero-order valence-corrected chi connectivity index (χ0v) is 20.8. The molecule has 3 aromatic rings. The van der Waals surface area contributed by atoms with Gasteiger partial charge in [-0.05, 0) is 24.8 Å². The third kappa shape index (κ3) is 5.21. The molecule has 0 atom stereocenters. The molecule has 2 aliphatic rings. The van der Waals surface area contributed by atoms with Gasteiger partial charge in [0.05, 0.1) is 19.8 Å². The predicted octanol–water partition coefficient (Wildman–Crippen LogP) is 3.13. The molecule has 190 valence electrons. The van der Waals surface area contributed by atoms with E-state index in [1.807, 2.05) is 10.7 Å². The summed E-state index contributed by atoms with van der Waals surface area (Å²) in [5.41, 5.74) is 3.96. The number of hydrogen-bond donors (Lipinski definition) is 0. The van der Waals surface area contributed by atoms with E-state index in [-0.39, 0.29) is 11.8 Å². The largest absolute Gasteiger partial charge is 0.378 e. The first-order valence-corrected chi connectivity index (χ1v) is 12.9. The minimum absolute atomic E-state index is 0.0858. The van der Waals surface area contributed by atoms with Gasteiger partial charge in [0.1, 0.15) is 5.76 Å². The van der Waals surface area contributed by atoms with Crippen LogP contribution in [0.15, 0.2) is 40.9 Å². The van der Waals surface area contributed by atoms with Gasteiger partial charge < -0.3 is 19.1 Å². The highest BCUT2D eigenvalue weighted by atomic mass is 16.5. The van der Waals surface area contributed by atoms with Crippen LogP contribution in [0.25, 0.3) is 0 Å². The number of rotatable bonds is 8. The molecule has 0 unspecified atom stereocenters. The summed E-state index contributed by atoms with van der Waals surface area (Å²) in [7, 11) is 0. The van der Waals surface area contributed by atoms with Crippen LogP contribution in [0, 0.1) is 0 Å². The van der Waals surface area contributed by atoms with Crippen molar-refractivity contribution in [3.05, 3.63) is 70.4 Å². The molecule has 0 aliphatic carbocycles. The Hall–Kier alpha value is -3.46. The quantitative estimate of drug-likeness (QED) is 0.481. The first-order chi connectivity index (χ1) is 17.6. The second-order valence-corrected chi connectivity index (χ2v) is 9.40. The number of aryl methyl sites for hydroxylation is 3. The highest BCUT2D eigenvalue weighted by Gasteiger charge is 2.33. The topological polar surface area (TPSA) is 93.7 Å². The minimum atomic E-state index is -0.173. The zero-order chi connectivity index (χ0) is 24.9. The van der Waals surface area contributed by atoms with E-state index in [4.69, 9.17) is 14.4 Å². The summed E-state index contributed by atoms with van der Waals surface area (Å²) in [6.45, 7) is 5.84. The average molecular weight is 492 g/mol. The van der Waals surface area contributed by atoms with E-state index in [2.05, 4.69) is 36.3 Å². The Balaban J connectivity index is 1.37. The fraction of sp³-hybridized carbons (Fsp3) is 0.481. The van der Waals surface area contributed by atoms with Gasteiger partial charge in [0.2, 0.25) is 0 Å². The second kappa shape index (κ2) is 11.1. The molecule has 1 aromatic carbocycles. The molecule has 0 N–H and O–H groups in total. The van der Waals surface area contributed by atoms with Crippen LogP contribution in [-0.2, 0) is 37.1 Å². The van der Waals surface area contributed by atoms with Crippen molar-refractivity contribution in [3.63, 3.8) is 0 Å². The van der Waals surface area contributed by atoms with Crippen molar-refractivity contribution in [2.24, 2.45) is 0 Å². The number of amides is 2. The number of nitrogens with zero attached hydrogens (tertiary/aromatic N) is 5. The van der Waals surface area contributed by atoms with Gasteiger partial charge in [-0.15, -0.1) is 0 Å². The zero-order valence-electron chi connectivity index (χ0n) is 20.8. The molecule has 5 rings (SSSR count). The van der Waals surface area contributed by atoms with Crippen LogP contribution < -0.4 is 0 Å². The second-order valence-electron chi connectivity index (χ2n) is 9.40. The van der Waals surface area contributed by atoms with Gasteiger partial charge in [-0.3, -0.25) is 14.3 Å². The normalized spacial score (nSPS) is 15.7. The van der Waals surface area contributed by atoms with Crippen LogP contribution in [-0.4, -0.2) is 69.4 Å². The maximum absolute atomic E-state index is 13.5. The molecule has 0 saturated carbocycles. The Bertz CT molecular complexity index is 1200. The van der Waals surface area contributed by atoms with E-state index in [1.165, 1.54) is 5.56 Å². The van der Waals surface area contributed by atoms with Gasteiger partial charge in [0.25, 0.3) is 11.8 Å². The number of ether oxygens (including phenoxy) is 1. The smallest absolute Gasteiger partial charge is 0.276 e. The number of aromatic nitrogens is 3. The standard InChI is InChI=1S/C27H33N5O4/c1-2-7-21-18-23(29-36-21)26(33)31-13-11-24-22(19-31)25(27(34)30-14-16-35-17-15-30)28-32(24)12-6-10-20-8-4-3-5-9-20/h3-5,8-9,18H,2,6-7,10-17,19H2,1H3. The van der Waals surface area contributed by atoms with Crippen molar-refractivity contribution in [3.8, 4) is 0 Å². The Kier molecular flexibility index (Phi) is 7.46. The maximum atomic E-state index is 13.5. The van der Waals surface area contributed by atoms with E-state index in [1.54, 1.807) is 15.9 Å². The molecule has 0 radical (unpaired) electrons. The summed E-state index contributed by atoms with van der Waals surface area (Å²) in [6, 6.07) is 12.1. The Labute approximate surface area is 211 Å². The first-order valence-electron chi connectivity index (χ1n) is 12.9. The number of carbonyl (C=O) groups is 2.